The SMILES string of the molecule is Cc1ccc2[nH]ncc2c1-c1nc(-c2ccc3c(cnn3C)c2)nc(C(N)=O)c1N. The molecular formula is C21H18N8O. The van der Waals surface area contributed by atoms with Crippen molar-refractivity contribution in [3.8, 4) is 22.6 Å². The van der Waals surface area contributed by atoms with Crippen LogP contribution in [-0.2, 0) is 7.05 Å². The predicted molar refractivity (Wildman–Crippen MR) is 114 cm³/mol. The summed E-state index contributed by atoms with van der Waals surface area (Å²) in [7, 11) is 1.87. The van der Waals surface area contributed by atoms with E-state index in [0.717, 1.165) is 38.5 Å². The molecule has 3 aromatic heterocycles. The zero-order chi connectivity index (χ0) is 21.0. The predicted octanol–water partition coefficient (Wildman–Crippen LogP) is 2.56. The van der Waals surface area contributed by atoms with Crippen LogP contribution in [0.4, 0.5) is 5.69 Å². The Labute approximate surface area is 170 Å². The number of benzene rings is 2. The average Bonchev–Trinajstić information content (AvgIpc) is 3.35. The monoisotopic (exact) mass is 398 g/mol. The second kappa shape index (κ2) is 6.38. The van der Waals surface area contributed by atoms with Crippen molar-refractivity contribution in [2.45, 2.75) is 6.92 Å². The van der Waals surface area contributed by atoms with Gasteiger partial charge in [0, 0.05) is 28.9 Å². The van der Waals surface area contributed by atoms with Crippen molar-refractivity contribution >= 4 is 33.4 Å². The number of aryl methyl sites for hydroxylation is 2. The third-order valence-electron chi connectivity index (χ3n) is 5.25. The molecule has 0 atom stereocenters. The summed E-state index contributed by atoms with van der Waals surface area (Å²) in [4.78, 5) is 21.2. The Hall–Kier alpha value is -4.27. The first-order valence-electron chi connectivity index (χ1n) is 9.26. The van der Waals surface area contributed by atoms with Crippen LogP contribution in [0.1, 0.15) is 16.1 Å². The van der Waals surface area contributed by atoms with Crippen LogP contribution in [0.15, 0.2) is 42.7 Å². The molecule has 5 rings (SSSR count). The van der Waals surface area contributed by atoms with Crippen LogP contribution in [0.25, 0.3) is 44.5 Å². The normalized spacial score (nSPS) is 11.4. The summed E-state index contributed by atoms with van der Waals surface area (Å²) >= 11 is 0. The number of nitrogen functional groups attached to an aromatic ring is 1. The number of carbonyl (C=O) groups is 1. The van der Waals surface area contributed by atoms with Gasteiger partial charge in [0.05, 0.1) is 34.8 Å². The van der Waals surface area contributed by atoms with Gasteiger partial charge in [0.15, 0.2) is 11.5 Å². The number of aromatic nitrogens is 6. The Bertz CT molecular complexity index is 1460. The molecule has 0 saturated heterocycles. The number of H-pyrrole nitrogens is 1. The molecule has 9 nitrogen and oxygen atoms in total. The molecule has 0 fully saturated rings. The Morgan fingerprint density at radius 3 is 2.77 bits per heavy atom. The number of primary amides is 1. The number of hydrogen-bond donors (Lipinski definition) is 3. The average molecular weight is 398 g/mol. The molecule has 0 radical (unpaired) electrons. The quantitative estimate of drug-likeness (QED) is 0.426. The van der Waals surface area contributed by atoms with Gasteiger partial charge in [-0.25, -0.2) is 9.97 Å². The molecule has 5 aromatic rings. The van der Waals surface area contributed by atoms with Gasteiger partial charge in [0.2, 0.25) is 0 Å². The lowest BCUT2D eigenvalue weighted by Crippen LogP contribution is -2.18. The second-order valence-corrected chi connectivity index (χ2v) is 7.15. The van der Waals surface area contributed by atoms with E-state index in [-0.39, 0.29) is 11.4 Å². The number of anilines is 1. The molecule has 0 saturated carbocycles. The van der Waals surface area contributed by atoms with Gasteiger partial charge in [0.25, 0.3) is 5.91 Å². The van der Waals surface area contributed by atoms with Gasteiger partial charge in [-0.2, -0.15) is 10.2 Å². The number of nitrogens with one attached hydrogen (secondary N) is 1. The number of aromatic amines is 1. The Morgan fingerprint density at radius 2 is 1.97 bits per heavy atom. The van der Waals surface area contributed by atoms with E-state index in [1.807, 2.05) is 44.3 Å². The van der Waals surface area contributed by atoms with E-state index in [1.165, 1.54) is 0 Å². The minimum absolute atomic E-state index is 0.0128. The minimum Gasteiger partial charge on any atom is -0.395 e. The minimum atomic E-state index is -0.711. The summed E-state index contributed by atoms with van der Waals surface area (Å²) in [5.41, 5.74) is 16.8. The number of hydrogen-bond acceptors (Lipinski definition) is 6. The number of carbonyl (C=O) groups excluding carboxylic acids is 1. The molecular weight excluding hydrogens is 380 g/mol. The first-order valence-corrected chi connectivity index (χ1v) is 9.26. The maximum atomic E-state index is 12.1. The maximum absolute atomic E-state index is 12.1. The van der Waals surface area contributed by atoms with Crippen molar-refractivity contribution in [1.82, 2.24) is 29.9 Å². The van der Waals surface area contributed by atoms with Crippen molar-refractivity contribution in [1.29, 1.82) is 0 Å². The van der Waals surface area contributed by atoms with E-state index in [0.29, 0.717) is 11.5 Å². The highest BCUT2D eigenvalue weighted by Gasteiger charge is 2.21. The van der Waals surface area contributed by atoms with Crippen LogP contribution in [0.5, 0.6) is 0 Å². The molecule has 1 amide bonds. The number of nitrogens with zero attached hydrogens (tertiary/aromatic N) is 5. The first kappa shape index (κ1) is 17.8. The summed E-state index contributed by atoms with van der Waals surface area (Å²) < 4.78 is 1.78. The molecule has 148 valence electrons. The van der Waals surface area contributed by atoms with E-state index < -0.39 is 5.91 Å². The van der Waals surface area contributed by atoms with Crippen molar-refractivity contribution in [3.63, 3.8) is 0 Å². The maximum Gasteiger partial charge on any atom is 0.269 e. The smallest absolute Gasteiger partial charge is 0.269 e. The molecule has 3 heterocycles. The summed E-state index contributed by atoms with van der Waals surface area (Å²) in [5, 5.41) is 13.1. The Morgan fingerprint density at radius 1 is 1.13 bits per heavy atom. The van der Waals surface area contributed by atoms with Crippen LogP contribution < -0.4 is 11.5 Å². The Balaban J connectivity index is 1.81. The fourth-order valence-electron chi connectivity index (χ4n) is 3.72. The van der Waals surface area contributed by atoms with Gasteiger partial charge in [-0.1, -0.05) is 6.07 Å². The fourth-order valence-corrected chi connectivity index (χ4v) is 3.72. The molecule has 30 heavy (non-hydrogen) atoms. The van der Waals surface area contributed by atoms with Crippen LogP contribution in [0, 0.1) is 6.92 Å². The van der Waals surface area contributed by atoms with Gasteiger partial charge in [0.1, 0.15) is 0 Å². The Kier molecular flexibility index (Phi) is 3.78. The summed E-state index contributed by atoms with van der Waals surface area (Å²) in [6, 6.07) is 9.62. The third kappa shape index (κ3) is 2.60. The molecule has 0 bridgehead atoms. The molecule has 9 heteroatoms. The van der Waals surface area contributed by atoms with Crippen LogP contribution in [-0.4, -0.2) is 35.9 Å². The van der Waals surface area contributed by atoms with Gasteiger partial charge in [-0.15, -0.1) is 0 Å². The lowest BCUT2D eigenvalue weighted by molar-refractivity contribution is 0.0996. The van der Waals surface area contributed by atoms with Gasteiger partial charge >= 0.3 is 0 Å². The molecule has 0 aliphatic carbocycles. The third-order valence-corrected chi connectivity index (χ3v) is 5.25. The zero-order valence-corrected chi connectivity index (χ0v) is 16.3. The molecule has 2 aromatic carbocycles. The van der Waals surface area contributed by atoms with Crippen molar-refractivity contribution in [2.75, 3.05) is 5.73 Å². The van der Waals surface area contributed by atoms with E-state index in [1.54, 1.807) is 17.1 Å². The van der Waals surface area contributed by atoms with Gasteiger partial charge < -0.3 is 11.5 Å². The van der Waals surface area contributed by atoms with Crippen molar-refractivity contribution < 1.29 is 4.79 Å². The van der Waals surface area contributed by atoms with E-state index in [4.69, 9.17) is 16.5 Å². The standard InChI is InChI=1S/C21H18N8O/c1-10-3-5-14-13(9-24-28-14)16(10)18-17(22)19(20(23)30)27-21(26-18)11-4-6-15-12(7-11)8-25-29(15)2/h3-9H,22H2,1-2H3,(H2,23,30)(H,24,28). The van der Waals surface area contributed by atoms with Crippen LogP contribution >= 0.6 is 0 Å². The van der Waals surface area contributed by atoms with Gasteiger partial charge in [-0.05, 0) is 36.8 Å². The summed E-state index contributed by atoms with van der Waals surface area (Å²) in [6.07, 6.45) is 3.48. The van der Waals surface area contributed by atoms with Crippen molar-refractivity contribution in [2.24, 2.45) is 12.8 Å². The largest absolute Gasteiger partial charge is 0.395 e. The lowest BCUT2D eigenvalue weighted by atomic mass is 9.99. The number of amides is 1. The topological polar surface area (TPSA) is 141 Å². The highest BCUT2D eigenvalue weighted by molar-refractivity contribution is 6.04. The van der Waals surface area contributed by atoms with Crippen molar-refractivity contribution in [3.05, 3.63) is 54.0 Å². The first-order chi connectivity index (χ1) is 14.4. The lowest BCUT2D eigenvalue weighted by Gasteiger charge is -2.14. The van der Waals surface area contributed by atoms with E-state index in [2.05, 4.69) is 20.3 Å². The zero-order valence-electron chi connectivity index (χ0n) is 16.3. The van der Waals surface area contributed by atoms with E-state index >= 15 is 0 Å². The fraction of sp³-hybridized carbons (Fsp3) is 0.0952. The van der Waals surface area contributed by atoms with Crippen LogP contribution in [0.2, 0.25) is 0 Å². The summed E-state index contributed by atoms with van der Waals surface area (Å²) in [6.45, 7) is 1.95. The summed E-state index contributed by atoms with van der Waals surface area (Å²) in [5.74, 6) is -0.351. The molecule has 0 aliphatic heterocycles. The highest BCUT2D eigenvalue weighted by atomic mass is 16.1. The second-order valence-electron chi connectivity index (χ2n) is 7.15. The molecule has 5 N–H and O–H groups in total. The number of rotatable bonds is 3. The molecule has 0 aliphatic rings. The molecule has 0 spiro atoms. The van der Waals surface area contributed by atoms with Gasteiger partial charge in [-0.3, -0.25) is 14.6 Å². The molecule has 0 unspecified atom stereocenters. The number of fused-ring (bicyclic) bond motifs is 2. The number of nitrogens with two attached hydrogens (primary N) is 2. The van der Waals surface area contributed by atoms with Crippen LogP contribution in [0.3, 0.4) is 0 Å². The van der Waals surface area contributed by atoms with E-state index in [9.17, 15) is 4.79 Å². The highest BCUT2D eigenvalue weighted by Crippen LogP contribution is 2.36.